The van der Waals surface area contributed by atoms with E-state index < -0.39 is 0 Å². The Kier molecular flexibility index (Phi) is 4.57. The van der Waals surface area contributed by atoms with Crippen LogP contribution < -0.4 is 0 Å². The molecule has 0 N–H and O–H groups in total. The molecule has 0 aliphatic carbocycles. The maximum absolute atomic E-state index is 5.89. The van der Waals surface area contributed by atoms with Gasteiger partial charge in [0, 0.05) is 5.92 Å². The number of allylic oxidation sites excluding steroid dienone is 1. The van der Waals surface area contributed by atoms with Crippen molar-refractivity contribution in [3.63, 3.8) is 0 Å². The van der Waals surface area contributed by atoms with Gasteiger partial charge >= 0.3 is 0 Å². The molecule has 2 nitrogen and oxygen atoms in total. The molecular formula is C14H25NO. The lowest BCUT2D eigenvalue weighted by Gasteiger charge is -2.14. The highest BCUT2D eigenvalue weighted by atomic mass is 16.5. The van der Waals surface area contributed by atoms with Gasteiger partial charge in [-0.05, 0) is 39.7 Å². The molecule has 92 valence electrons. The number of unbranched alkanes of at least 4 members (excludes halogenated alkanes) is 1. The van der Waals surface area contributed by atoms with Gasteiger partial charge in [0.05, 0.1) is 0 Å². The Bertz CT molecular complexity index is 289. The summed E-state index contributed by atoms with van der Waals surface area (Å²) in [5.41, 5.74) is -0.163. The van der Waals surface area contributed by atoms with E-state index in [1.807, 2.05) is 13.0 Å². The number of ether oxygens (including phenoxy) is 1. The molecule has 0 radical (unpaired) electrons. The van der Waals surface area contributed by atoms with Crippen molar-refractivity contribution >= 4 is 5.90 Å². The van der Waals surface area contributed by atoms with Gasteiger partial charge in [-0.3, -0.25) is 0 Å². The molecule has 0 aromatic carbocycles. The monoisotopic (exact) mass is 223 g/mol. The molecule has 0 aromatic rings. The summed E-state index contributed by atoms with van der Waals surface area (Å²) in [6.07, 6.45) is 6.84. The SMILES string of the molecule is CC=C1OC(C(CC)CCCC)=NC1(C)C. The van der Waals surface area contributed by atoms with Crippen LogP contribution in [0.25, 0.3) is 0 Å². The Hall–Kier alpha value is -0.790. The lowest BCUT2D eigenvalue weighted by molar-refractivity contribution is 0.350. The first kappa shape index (κ1) is 13.3. The van der Waals surface area contributed by atoms with Gasteiger partial charge in [0.25, 0.3) is 0 Å². The number of hydrogen-bond donors (Lipinski definition) is 0. The van der Waals surface area contributed by atoms with Crippen LogP contribution in [0.4, 0.5) is 0 Å². The summed E-state index contributed by atoms with van der Waals surface area (Å²) in [7, 11) is 0. The average molecular weight is 223 g/mol. The van der Waals surface area contributed by atoms with Crippen molar-refractivity contribution in [3.05, 3.63) is 11.8 Å². The summed E-state index contributed by atoms with van der Waals surface area (Å²) in [4.78, 5) is 4.72. The average Bonchev–Trinajstić information content (AvgIpc) is 2.55. The third-order valence-corrected chi connectivity index (χ3v) is 3.22. The molecule has 0 fully saturated rings. The fourth-order valence-electron chi connectivity index (χ4n) is 2.13. The molecule has 1 atom stereocenters. The van der Waals surface area contributed by atoms with Gasteiger partial charge in [-0.15, -0.1) is 0 Å². The van der Waals surface area contributed by atoms with Crippen LogP contribution in [0.15, 0.2) is 16.8 Å². The molecule has 0 saturated heterocycles. The Morgan fingerprint density at radius 1 is 1.38 bits per heavy atom. The van der Waals surface area contributed by atoms with Crippen molar-refractivity contribution in [2.75, 3.05) is 0 Å². The van der Waals surface area contributed by atoms with E-state index >= 15 is 0 Å². The van der Waals surface area contributed by atoms with Crippen LogP contribution in [-0.2, 0) is 4.74 Å². The summed E-state index contributed by atoms with van der Waals surface area (Å²) >= 11 is 0. The molecular weight excluding hydrogens is 198 g/mol. The van der Waals surface area contributed by atoms with E-state index in [1.54, 1.807) is 0 Å². The number of aliphatic imine (C=N–C) groups is 1. The third kappa shape index (κ3) is 2.87. The van der Waals surface area contributed by atoms with Gasteiger partial charge in [-0.1, -0.05) is 26.7 Å². The van der Waals surface area contributed by atoms with Crippen LogP contribution in [0.5, 0.6) is 0 Å². The van der Waals surface area contributed by atoms with Crippen LogP contribution in [0, 0.1) is 5.92 Å². The Morgan fingerprint density at radius 3 is 2.50 bits per heavy atom. The lowest BCUT2D eigenvalue weighted by Crippen LogP contribution is -2.15. The van der Waals surface area contributed by atoms with Crippen molar-refractivity contribution in [2.24, 2.45) is 10.9 Å². The highest BCUT2D eigenvalue weighted by Crippen LogP contribution is 2.32. The van der Waals surface area contributed by atoms with Crippen molar-refractivity contribution < 1.29 is 4.74 Å². The van der Waals surface area contributed by atoms with Crippen molar-refractivity contribution in [1.82, 2.24) is 0 Å². The topological polar surface area (TPSA) is 21.6 Å². The number of nitrogens with zero attached hydrogens (tertiary/aromatic N) is 1. The Morgan fingerprint density at radius 2 is 2.06 bits per heavy atom. The first-order chi connectivity index (χ1) is 7.55. The molecule has 0 saturated carbocycles. The second-order valence-corrected chi connectivity index (χ2v) is 5.01. The van der Waals surface area contributed by atoms with E-state index in [4.69, 9.17) is 9.73 Å². The number of rotatable bonds is 5. The maximum Gasteiger partial charge on any atom is 0.193 e. The first-order valence-electron chi connectivity index (χ1n) is 6.49. The summed E-state index contributed by atoms with van der Waals surface area (Å²) in [6, 6.07) is 0. The smallest absolute Gasteiger partial charge is 0.193 e. The summed E-state index contributed by atoms with van der Waals surface area (Å²) in [5, 5.41) is 0. The molecule has 1 rings (SSSR count). The van der Waals surface area contributed by atoms with E-state index in [0.717, 1.165) is 18.1 Å². The van der Waals surface area contributed by atoms with Crippen molar-refractivity contribution in [2.45, 2.75) is 65.8 Å². The minimum atomic E-state index is -0.163. The van der Waals surface area contributed by atoms with E-state index in [0.29, 0.717) is 5.92 Å². The third-order valence-electron chi connectivity index (χ3n) is 3.22. The van der Waals surface area contributed by atoms with E-state index in [9.17, 15) is 0 Å². The lowest BCUT2D eigenvalue weighted by atomic mass is 9.99. The summed E-state index contributed by atoms with van der Waals surface area (Å²) in [5.74, 6) is 2.45. The van der Waals surface area contributed by atoms with E-state index in [1.165, 1.54) is 19.3 Å². The van der Waals surface area contributed by atoms with Crippen LogP contribution in [0.2, 0.25) is 0 Å². The van der Waals surface area contributed by atoms with Crippen LogP contribution in [0.3, 0.4) is 0 Å². The van der Waals surface area contributed by atoms with E-state index in [2.05, 4.69) is 27.7 Å². The minimum Gasteiger partial charge on any atom is -0.445 e. The zero-order chi connectivity index (χ0) is 12.2. The molecule has 0 spiro atoms. The molecule has 1 unspecified atom stereocenters. The molecule has 0 bridgehead atoms. The maximum atomic E-state index is 5.89. The predicted molar refractivity (Wildman–Crippen MR) is 69.7 cm³/mol. The molecule has 0 aromatic heterocycles. The van der Waals surface area contributed by atoms with Crippen LogP contribution >= 0.6 is 0 Å². The Labute approximate surface area is 99.8 Å². The summed E-state index contributed by atoms with van der Waals surface area (Å²) < 4.78 is 5.89. The highest BCUT2D eigenvalue weighted by molar-refractivity contribution is 5.82. The normalized spacial score (nSPS) is 23.1. The van der Waals surface area contributed by atoms with Gasteiger partial charge < -0.3 is 4.74 Å². The first-order valence-corrected chi connectivity index (χ1v) is 6.49. The van der Waals surface area contributed by atoms with Gasteiger partial charge in [0.2, 0.25) is 0 Å². The molecule has 2 heteroatoms. The van der Waals surface area contributed by atoms with E-state index in [-0.39, 0.29) is 5.54 Å². The van der Waals surface area contributed by atoms with Crippen molar-refractivity contribution in [3.8, 4) is 0 Å². The molecule has 1 aliphatic heterocycles. The standard InChI is InChI=1S/C14H25NO/c1-6-9-10-11(7-2)13-15-14(4,5)12(8-3)16-13/h8,11H,6-7,9-10H2,1-5H3. The van der Waals surface area contributed by atoms with Gasteiger partial charge in [0.1, 0.15) is 11.3 Å². The predicted octanol–water partition coefficient (Wildman–Crippen LogP) is 4.31. The molecule has 0 amide bonds. The zero-order valence-electron chi connectivity index (χ0n) is 11.3. The highest BCUT2D eigenvalue weighted by Gasteiger charge is 2.34. The summed E-state index contributed by atoms with van der Waals surface area (Å²) in [6.45, 7) is 10.7. The van der Waals surface area contributed by atoms with Crippen molar-refractivity contribution in [1.29, 1.82) is 0 Å². The fraction of sp³-hybridized carbons (Fsp3) is 0.786. The quantitative estimate of drug-likeness (QED) is 0.680. The molecule has 1 aliphatic rings. The van der Waals surface area contributed by atoms with Crippen LogP contribution in [0.1, 0.15) is 60.3 Å². The fourth-order valence-corrected chi connectivity index (χ4v) is 2.13. The second kappa shape index (κ2) is 5.51. The second-order valence-electron chi connectivity index (χ2n) is 5.01. The molecule has 1 heterocycles. The molecule has 16 heavy (non-hydrogen) atoms. The van der Waals surface area contributed by atoms with Gasteiger partial charge in [0.15, 0.2) is 5.90 Å². The van der Waals surface area contributed by atoms with Gasteiger partial charge in [-0.2, -0.15) is 0 Å². The Balaban J connectivity index is 2.74. The van der Waals surface area contributed by atoms with Gasteiger partial charge in [-0.25, -0.2) is 4.99 Å². The number of hydrogen-bond acceptors (Lipinski definition) is 2. The van der Waals surface area contributed by atoms with Crippen LogP contribution in [-0.4, -0.2) is 11.4 Å². The largest absolute Gasteiger partial charge is 0.445 e. The minimum absolute atomic E-state index is 0.163. The zero-order valence-corrected chi connectivity index (χ0v) is 11.3.